The molecule has 3 heteroatoms. The van der Waals surface area contributed by atoms with Crippen molar-refractivity contribution in [2.75, 3.05) is 5.32 Å². The number of benzene rings is 2. The lowest BCUT2D eigenvalue weighted by molar-refractivity contribution is 0.102. The van der Waals surface area contributed by atoms with Crippen molar-refractivity contribution >= 4 is 22.5 Å². The third kappa shape index (κ3) is 2.30. The number of aryl methyl sites for hydroxylation is 1. The zero-order valence-corrected chi connectivity index (χ0v) is 11.3. The van der Waals surface area contributed by atoms with E-state index in [1.807, 2.05) is 42.5 Å². The Hall–Kier alpha value is -2.55. The molecule has 0 aliphatic rings. The number of nitrogens with zero attached hydrogens (tertiary/aromatic N) is 1. The summed E-state index contributed by atoms with van der Waals surface area (Å²) in [6.07, 6.45) is 3.18. The first-order valence-corrected chi connectivity index (χ1v) is 6.65. The first-order valence-electron chi connectivity index (χ1n) is 6.65. The highest BCUT2D eigenvalue weighted by atomic mass is 16.1. The fourth-order valence-corrected chi connectivity index (χ4v) is 2.27. The van der Waals surface area contributed by atoms with Gasteiger partial charge in [0, 0.05) is 28.7 Å². The summed E-state index contributed by atoms with van der Waals surface area (Å²) >= 11 is 0. The van der Waals surface area contributed by atoms with Crippen molar-refractivity contribution in [1.82, 2.24) is 4.57 Å². The van der Waals surface area contributed by atoms with Crippen molar-refractivity contribution in [3.05, 3.63) is 66.4 Å². The van der Waals surface area contributed by atoms with E-state index >= 15 is 0 Å². The molecule has 1 heterocycles. The second-order valence-electron chi connectivity index (χ2n) is 4.61. The normalized spacial score (nSPS) is 10.7. The van der Waals surface area contributed by atoms with Gasteiger partial charge in [0.15, 0.2) is 0 Å². The molecule has 2 aromatic carbocycles. The molecular weight excluding hydrogens is 248 g/mol. The van der Waals surface area contributed by atoms with Gasteiger partial charge in [0.1, 0.15) is 0 Å². The van der Waals surface area contributed by atoms with Crippen LogP contribution >= 0.6 is 0 Å². The number of hydrogen-bond donors (Lipinski definition) is 1. The maximum Gasteiger partial charge on any atom is 0.255 e. The van der Waals surface area contributed by atoms with Gasteiger partial charge in [-0.1, -0.05) is 18.2 Å². The Labute approximate surface area is 117 Å². The molecule has 0 spiro atoms. The van der Waals surface area contributed by atoms with Crippen LogP contribution in [0.1, 0.15) is 17.3 Å². The maximum absolute atomic E-state index is 12.1. The number of rotatable bonds is 3. The van der Waals surface area contributed by atoms with Crippen molar-refractivity contribution in [2.45, 2.75) is 13.5 Å². The molecular formula is C17H15N2O. The van der Waals surface area contributed by atoms with E-state index in [1.165, 1.54) is 0 Å². The van der Waals surface area contributed by atoms with Crippen molar-refractivity contribution in [2.24, 2.45) is 0 Å². The van der Waals surface area contributed by atoms with Gasteiger partial charge in [-0.25, -0.2) is 0 Å². The Balaban J connectivity index is 1.86. The fourth-order valence-electron chi connectivity index (χ4n) is 2.27. The summed E-state index contributed by atoms with van der Waals surface area (Å²) in [5.41, 5.74) is 2.59. The van der Waals surface area contributed by atoms with Crippen LogP contribution < -0.4 is 5.32 Å². The number of carbonyl (C=O) groups is 1. The van der Waals surface area contributed by atoms with Gasteiger partial charge in [-0.3, -0.25) is 4.79 Å². The molecule has 1 amide bonds. The predicted molar refractivity (Wildman–Crippen MR) is 80.8 cm³/mol. The summed E-state index contributed by atoms with van der Waals surface area (Å²) in [4.78, 5) is 12.1. The minimum absolute atomic E-state index is 0.0937. The van der Waals surface area contributed by atoms with Gasteiger partial charge in [-0.15, -0.1) is 0 Å². The third-order valence-corrected chi connectivity index (χ3v) is 3.30. The number of aromatic nitrogens is 1. The lowest BCUT2D eigenvalue weighted by Gasteiger charge is -2.06. The van der Waals surface area contributed by atoms with Crippen LogP contribution in [0.5, 0.6) is 0 Å². The van der Waals surface area contributed by atoms with Crippen molar-refractivity contribution in [1.29, 1.82) is 0 Å². The summed E-state index contributed by atoms with van der Waals surface area (Å²) in [6.45, 7) is 2.97. The number of hydrogen-bond acceptors (Lipinski definition) is 1. The number of amides is 1. The van der Waals surface area contributed by atoms with Gasteiger partial charge >= 0.3 is 0 Å². The summed E-state index contributed by atoms with van der Waals surface area (Å²) in [5, 5.41) is 4.00. The van der Waals surface area contributed by atoms with Gasteiger partial charge in [0.05, 0.1) is 6.20 Å². The standard InChI is InChI=1S/C17H15N2O/c1-2-19-11-10-14-12-15(8-9-16(14)19)18-17(20)13-6-4-3-5-7-13/h3-10,12H,2H2,1H3,(H,18,20). The predicted octanol–water partition coefficient (Wildman–Crippen LogP) is 3.71. The minimum Gasteiger partial charge on any atom is -0.340 e. The Morgan fingerprint density at radius 3 is 2.75 bits per heavy atom. The first kappa shape index (κ1) is 12.5. The quantitative estimate of drug-likeness (QED) is 0.768. The van der Waals surface area contributed by atoms with E-state index in [2.05, 4.69) is 23.0 Å². The number of carbonyl (C=O) groups excluding carboxylic acids is 1. The Morgan fingerprint density at radius 1 is 1.20 bits per heavy atom. The van der Waals surface area contributed by atoms with Gasteiger partial charge in [0.25, 0.3) is 5.91 Å². The first-order chi connectivity index (χ1) is 9.78. The average Bonchev–Trinajstić information content (AvgIpc) is 2.90. The summed E-state index contributed by atoms with van der Waals surface area (Å²) in [7, 11) is 0. The maximum atomic E-state index is 12.1. The van der Waals surface area contributed by atoms with Gasteiger partial charge in [0.2, 0.25) is 0 Å². The number of fused-ring (bicyclic) bond motifs is 1. The SMILES string of the molecule is CCn1[c]cc2cc(NC(=O)c3ccccc3)ccc21. The van der Waals surface area contributed by atoms with Crippen LogP contribution in [0.4, 0.5) is 5.69 Å². The zero-order valence-electron chi connectivity index (χ0n) is 11.3. The second kappa shape index (κ2) is 5.21. The average molecular weight is 263 g/mol. The monoisotopic (exact) mass is 263 g/mol. The minimum atomic E-state index is -0.0937. The lowest BCUT2D eigenvalue weighted by Crippen LogP contribution is -2.11. The topological polar surface area (TPSA) is 34.0 Å². The van der Waals surface area contributed by atoms with Crippen LogP contribution in [0.2, 0.25) is 0 Å². The largest absolute Gasteiger partial charge is 0.340 e. The van der Waals surface area contributed by atoms with Gasteiger partial charge < -0.3 is 9.88 Å². The van der Waals surface area contributed by atoms with Crippen molar-refractivity contribution in [3.8, 4) is 0 Å². The highest BCUT2D eigenvalue weighted by Gasteiger charge is 2.06. The van der Waals surface area contributed by atoms with Gasteiger partial charge in [-0.05, 0) is 43.3 Å². The number of anilines is 1. The molecule has 20 heavy (non-hydrogen) atoms. The van der Waals surface area contributed by atoms with E-state index in [-0.39, 0.29) is 5.91 Å². The van der Waals surface area contributed by atoms with Crippen LogP contribution in [0.15, 0.2) is 54.6 Å². The van der Waals surface area contributed by atoms with Crippen LogP contribution in [-0.2, 0) is 6.54 Å². The molecule has 1 aromatic heterocycles. The Kier molecular flexibility index (Phi) is 3.25. The summed E-state index contributed by atoms with van der Waals surface area (Å²) in [6, 6.07) is 17.0. The number of nitrogens with one attached hydrogen (secondary N) is 1. The van der Waals surface area contributed by atoms with E-state index in [4.69, 9.17) is 0 Å². The molecule has 1 radical (unpaired) electrons. The molecule has 99 valence electrons. The van der Waals surface area contributed by atoms with Crippen LogP contribution in [0.3, 0.4) is 0 Å². The van der Waals surface area contributed by atoms with E-state index < -0.39 is 0 Å². The Morgan fingerprint density at radius 2 is 2.00 bits per heavy atom. The fraction of sp³-hybridized carbons (Fsp3) is 0.118. The second-order valence-corrected chi connectivity index (χ2v) is 4.61. The van der Waals surface area contributed by atoms with Crippen LogP contribution in [0.25, 0.3) is 10.9 Å². The molecule has 0 fully saturated rings. The van der Waals surface area contributed by atoms with E-state index in [1.54, 1.807) is 12.1 Å². The molecule has 0 aliphatic carbocycles. The van der Waals surface area contributed by atoms with Crippen molar-refractivity contribution in [3.63, 3.8) is 0 Å². The third-order valence-electron chi connectivity index (χ3n) is 3.30. The molecule has 0 aliphatic heterocycles. The highest BCUT2D eigenvalue weighted by Crippen LogP contribution is 2.20. The Bertz CT molecular complexity index is 744. The highest BCUT2D eigenvalue weighted by molar-refractivity contribution is 6.05. The van der Waals surface area contributed by atoms with Crippen LogP contribution in [0, 0.1) is 6.20 Å². The smallest absolute Gasteiger partial charge is 0.255 e. The van der Waals surface area contributed by atoms with Crippen molar-refractivity contribution < 1.29 is 4.79 Å². The molecule has 3 nitrogen and oxygen atoms in total. The molecule has 0 atom stereocenters. The molecule has 0 bridgehead atoms. The van der Waals surface area contributed by atoms with E-state index in [9.17, 15) is 4.79 Å². The summed E-state index contributed by atoms with van der Waals surface area (Å²) < 4.78 is 2.05. The molecule has 0 unspecified atom stereocenters. The zero-order chi connectivity index (χ0) is 13.9. The van der Waals surface area contributed by atoms with E-state index in [0.29, 0.717) is 5.56 Å². The molecule has 0 saturated carbocycles. The summed E-state index contributed by atoms with van der Waals surface area (Å²) in [5.74, 6) is -0.0937. The lowest BCUT2D eigenvalue weighted by atomic mass is 10.2. The molecule has 0 saturated heterocycles. The van der Waals surface area contributed by atoms with E-state index in [0.717, 1.165) is 23.1 Å². The van der Waals surface area contributed by atoms with Crippen LogP contribution in [-0.4, -0.2) is 10.5 Å². The molecule has 3 rings (SSSR count). The molecule has 3 aromatic rings. The molecule has 1 N–H and O–H groups in total. The van der Waals surface area contributed by atoms with Gasteiger partial charge in [-0.2, -0.15) is 0 Å².